The molecule has 0 spiro atoms. The van der Waals surface area contributed by atoms with E-state index in [1.807, 2.05) is 6.92 Å². The van der Waals surface area contributed by atoms with Gasteiger partial charge in [-0.2, -0.15) is 0 Å². The van der Waals surface area contributed by atoms with Crippen LogP contribution in [0, 0.1) is 0 Å². The standard InChI is InChI=1S/C17H36O4S.Na/c1-3-17(22(19,20)21)15-13-11-9-7-5-4-6-8-10-12-14-16(2)18;/h16-18H,3-15H2,1-2H3,(H,19,20,21);/q;+1/p-1. The van der Waals surface area contributed by atoms with Gasteiger partial charge in [0.2, 0.25) is 0 Å². The van der Waals surface area contributed by atoms with Crippen molar-refractivity contribution in [3.63, 3.8) is 0 Å². The molecule has 0 aliphatic rings. The molecule has 2 atom stereocenters. The van der Waals surface area contributed by atoms with E-state index < -0.39 is 15.4 Å². The number of hydrogen-bond acceptors (Lipinski definition) is 4. The molecule has 0 fully saturated rings. The van der Waals surface area contributed by atoms with Crippen molar-refractivity contribution >= 4 is 10.1 Å². The quantitative estimate of drug-likeness (QED) is 0.272. The van der Waals surface area contributed by atoms with E-state index >= 15 is 0 Å². The first-order chi connectivity index (χ1) is 10.4. The van der Waals surface area contributed by atoms with Crippen LogP contribution in [0.15, 0.2) is 0 Å². The summed E-state index contributed by atoms with van der Waals surface area (Å²) in [5, 5.41) is 8.45. The van der Waals surface area contributed by atoms with Gasteiger partial charge in [-0.25, -0.2) is 8.42 Å². The van der Waals surface area contributed by atoms with Gasteiger partial charge in [0.25, 0.3) is 0 Å². The summed E-state index contributed by atoms with van der Waals surface area (Å²) >= 11 is 0. The van der Waals surface area contributed by atoms with Gasteiger partial charge in [-0.05, 0) is 26.2 Å². The summed E-state index contributed by atoms with van der Waals surface area (Å²) in [5.41, 5.74) is 0. The molecule has 6 heteroatoms. The Bertz CT molecular complexity index is 345. The number of rotatable bonds is 15. The second-order valence-electron chi connectivity index (χ2n) is 6.48. The summed E-state index contributed by atoms with van der Waals surface area (Å²) in [6, 6.07) is 0. The Labute approximate surface area is 165 Å². The van der Waals surface area contributed by atoms with Gasteiger partial charge < -0.3 is 9.66 Å². The molecule has 4 nitrogen and oxygen atoms in total. The molecule has 0 amide bonds. The maximum absolute atomic E-state index is 10.9. The summed E-state index contributed by atoms with van der Waals surface area (Å²) in [4.78, 5) is 0. The van der Waals surface area contributed by atoms with Gasteiger partial charge in [-0.15, -0.1) is 0 Å². The van der Waals surface area contributed by atoms with Crippen molar-refractivity contribution in [2.24, 2.45) is 0 Å². The third kappa shape index (κ3) is 17.5. The van der Waals surface area contributed by atoms with E-state index in [2.05, 4.69) is 0 Å². The average Bonchev–Trinajstić information content (AvgIpc) is 2.42. The van der Waals surface area contributed by atoms with Crippen molar-refractivity contribution in [3.8, 4) is 0 Å². The Balaban J connectivity index is 0. The molecular weight excluding hydrogens is 323 g/mol. The van der Waals surface area contributed by atoms with E-state index in [-0.39, 0.29) is 35.7 Å². The molecule has 0 aromatic carbocycles. The first-order valence-electron chi connectivity index (χ1n) is 9.00. The van der Waals surface area contributed by atoms with Crippen LogP contribution in [0.25, 0.3) is 0 Å². The van der Waals surface area contributed by atoms with Crippen LogP contribution in [0.1, 0.15) is 97.3 Å². The van der Waals surface area contributed by atoms with Gasteiger partial charge in [-0.3, -0.25) is 0 Å². The van der Waals surface area contributed by atoms with E-state index in [0.29, 0.717) is 12.8 Å². The molecular formula is C17H35NaO4S. The minimum atomic E-state index is -4.10. The van der Waals surface area contributed by atoms with E-state index in [1.54, 1.807) is 6.92 Å². The summed E-state index contributed by atoms with van der Waals surface area (Å²) in [6.45, 7) is 3.61. The number of aliphatic hydroxyl groups excluding tert-OH is 1. The van der Waals surface area contributed by atoms with Crippen molar-refractivity contribution in [3.05, 3.63) is 0 Å². The molecule has 0 saturated heterocycles. The fourth-order valence-corrected chi connectivity index (χ4v) is 3.64. The number of hydrogen-bond donors (Lipinski definition) is 1. The molecule has 1 N–H and O–H groups in total. The first-order valence-corrected chi connectivity index (χ1v) is 10.5. The summed E-state index contributed by atoms with van der Waals surface area (Å²) in [5.74, 6) is 0. The molecule has 2 unspecified atom stereocenters. The largest absolute Gasteiger partial charge is 1.00 e. The van der Waals surface area contributed by atoms with Crippen LogP contribution in [-0.2, 0) is 10.1 Å². The maximum Gasteiger partial charge on any atom is 1.00 e. The van der Waals surface area contributed by atoms with Gasteiger partial charge >= 0.3 is 29.6 Å². The third-order valence-electron chi connectivity index (χ3n) is 4.26. The Morgan fingerprint density at radius 1 is 0.826 bits per heavy atom. The molecule has 0 heterocycles. The SMILES string of the molecule is CCC(CCCCCCCCCCCCC(C)O)S(=O)(=O)[O-].[Na+]. The molecule has 0 aliphatic carbocycles. The van der Waals surface area contributed by atoms with Crippen LogP contribution in [-0.4, -0.2) is 29.4 Å². The fourth-order valence-electron chi connectivity index (χ4n) is 2.78. The summed E-state index contributed by atoms with van der Waals surface area (Å²) in [6.07, 6.45) is 13.3. The predicted molar refractivity (Wildman–Crippen MR) is 90.9 cm³/mol. The van der Waals surface area contributed by atoms with Crippen molar-refractivity contribution in [1.29, 1.82) is 0 Å². The van der Waals surface area contributed by atoms with Gasteiger partial charge in [0.15, 0.2) is 0 Å². The van der Waals surface area contributed by atoms with Gasteiger partial charge in [0, 0.05) is 5.25 Å². The third-order valence-corrected chi connectivity index (χ3v) is 5.65. The zero-order valence-electron chi connectivity index (χ0n) is 15.4. The summed E-state index contributed by atoms with van der Waals surface area (Å²) in [7, 11) is -4.10. The van der Waals surface area contributed by atoms with Gasteiger partial charge in [-0.1, -0.05) is 71.1 Å². The zero-order chi connectivity index (χ0) is 16.8. The van der Waals surface area contributed by atoms with E-state index in [4.69, 9.17) is 5.11 Å². The molecule has 0 aromatic heterocycles. The fraction of sp³-hybridized carbons (Fsp3) is 1.00. The minimum Gasteiger partial charge on any atom is -0.748 e. The van der Waals surface area contributed by atoms with Crippen LogP contribution in [0.4, 0.5) is 0 Å². The molecule has 0 bridgehead atoms. The Hall–Kier alpha value is 0.870. The van der Waals surface area contributed by atoms with Crippen molar-refractivity contribution in [1.82, 2.24) is 0 Å². The second kappa shape index (κ2) is 16.3. The smallest absolute Gasteiger partial charge is 0.748 e. The van der Waals surface area contributed by atoms with Crippen LogP contribution < -0.4 is 29.6 Å². The topological polar surface area (TPSA) is 77.4 Å². The molecule has 0 radical (unpaired) electrons. The number of aliphatic hydroxyl groups is 1. The molecule has 23 heavy (non-hydrogen) atoms. The molecule has 0 rings (SSSR count). The Morgan fingerprint density at radius 3 is 1.48 bits per heavy atom. The first kappa shape index (κ1) is 26.1. The van der Waals surface area contributed by atoms with Crippen molar-refractivity contribution in [2.75, 3.05) is 0 Å². The van der Waals surface area contributed by atoms with E-state index in [1.165, 1.54) is 38.5 Å². The van der Waals surface area contributed by atoms with Crippen LogP contribution in [0.2, 0.25) is 0 Å². The minimum absolute atomic E-state index is 0. The second-order valence-corrected chi connectivity index (χ2v) is 8.14. The Morgan fingerprint density at radius 2 is 1.17 bits per heavy atom. The molecule has 134 valence electrons. The van der Waals surface area contributed by atoms with Crippen LogP contribution >= 0.6 is 0 Å². The van der Waals surface area contributed by atoms with Crippen molar-refractivity contribution < 1.29 is 47.6 Å². The summed E-state index contributed by atoms with van der Waals surface area (Å²) < 4.78 is 32.8. The molecule has 0 saturated carbocycles. The van der Waals surface area contributed by atoms with E-state index in [9.17, 15) is 13.0 Å². The molecule has 0 aromatic rings. The molecule has 0 aliphatic heterocycles. The normalized spacial score (nSPS) is 14.3. The number of unbranched alkanes of at least 4 members (excludes halogenated alkanes) is 9. The van der Waals surface area contributed by atoms with Crippen molar-refractivity contribution in [2.45, 2.75) is 109 Å². The maximum atomic E-state index is 10.9. The van der Waals surface area contributed by atoms with Gasteiger partial charge in [0.05, 0.1) is 16.2 Å². The monoisotopic (exact) mass is 358 g/mol. The van der Waals surface area contributed by atoms with Crippen LogP contribution in [0.5, 0.6) is 0 Å². The van der Waals surface area contributed by atoms with Gasteiger partial charge in [0.1, 0.15) is 0 Å². The van der Waals surface area contributed by atoms with Crippen LogP contribution in [0.3, 0.4) is 0 Å². The zero-order valence-corrected chi connectivity index (χ0v) is 18.2. The van der Waals surface area contributed by atoms with E-state index in [0.717, 1.165) is 32.1 Å². The average molecular weight is 359 g/mol. The predicted octanol–water partition coefficient (Wildman–Crippen LogP) is 1.38. The Kier molecular flexibility index (Phi) is 18.5.